The second kappa shape index (κ2) is 9.88. The molecule has 0 saturated carbocycles. The predicted octanol–water partition coefficient (Wildman–Crippen LogP) is 2.54. The standard InChI is InChI=1S/C22H22BrN3O5S2/c1-31-11-10-26-18-7-6-16(23)12-19(18)32-22(26)24-20(27)13-33(29,30)14-21(28)25-9-8-15-4-2-3-5-17(15)25/h2-7,12H,8-11,13-14H2,1H3. The van der Waals surface area contributed by atoms with Crippen molar-refractivity contribution in [3.63, 3.8) is 0 Å². The van der Waals surface area contributed by atoms with Crippen LogP contribution in [0.1, 0.15) is 5.56 Å². The van der Waals surface area contributed by atoms with Gasteiger partial charge in [-0.15, -0.1) is 0 Å². The van der Waals surface area contributed by atoms with Crippen LogP contribution in [0.25, 0.3) is 10.2 Å². The Labute approximate surface area is 203 Å². The molecule has 2 aromatic carbocycles. The Morgan fingerprint density at radius 3 is 2.76 bits per heavy atom. The lowest BCUT2D eigenvalue weighted by molar-refractivity contribution is -0.116. The van der Waals surface area contributed by atoms with Gasteiger partial charge in [0, 0.05) is 30.4 Å². The average molecular weight is 552 g/mol. The number of thiazole rings is 1. The van der Waals surface area contributed by atoms with E-state index in [0.717, 1.165) is 25.9 Å². The molecular formula is C22H22BrN3O5S2. The lowest BCUT2D eigenvalue weighted by Gasteiger charge is -2.17. The van der Waals surface area contributed by atoms with Crippen LogP contribution in [-0.4, -0.2) is 56.6 Å². The normalized spacial score (nSPS) is 14.1. The summed E-state index contributed by atoms with van der Waals surface area (Å²) in [5, 5.41) is 0. The van der Waals surface area contributed by atoms with Gasteiger partial charge in [0.1, 0.15) is 11.5 Å². The number of carbonyl (C=O) groups excluding carboxylic acids is 2. The Bertz CT molecular complexity index is 1390. The van der Waals surface area contributed by atoms with E-state index in [1.54, 1.807) is 13.2 Å². The second-order valence-corrected chi connectivity index (χ2v) is 11.6. The maximum Gasteiger partial charge on any atom is 0.263 e. The highest BCUT2D eigenvalue weighted by Gasteiger charge is 2.29. The van der Waals surface area contributed by atoms with Gasteiger partial charge in [-0.05, 0) is 36.2 Å². The number of sulfone groups is 1. The van der Waals surface area contributed by atoms with Gasteiger partial charge in [0.15, 0.2) is 14.6 Å². The number of fused-ring (bicyclic) bond motifs is 2. The molecule has 33 heavy (non-hydrogen) atoms. The number of amides is 2. The quantitative estimate of drug-likeness (QED) is 0.449. The van der Waals surface area contributed by atoms with Crippen LogP contribution in [-0.2, 0) is 37.1 Å². The number of halogens is 1. The van der Waals surface area contributed by atoms with Gasteiger partial charge in [-0.3, -0.25) is 9.59 Å². The van der Waals surface area contributed by atoms with Crippen LogP contribution < -0.4 is 9.70 Å². The number of hydrogen-bond donors (Lipinski definition) is 0. The Morgan fingerprint density at radius 1 is 1.18 bits per heavy atom. The van der Waals surface area contributed by atoms with E-state index in [1.165, 1.54) is 16.2 Å². The number of methoxy groups -OCH3 is 1. The van der Waals surface area contributed by atoms with Gasteiger partial charge in [-0.1, -0.05) is 45.5 Å². The zero-order chi connectivity index (χ0) is 23.6. The van der Waals surface area contributed by atoms with Gasteiger partial charge in [0.05, 0.1) is 16.8 Å². The summed E-state index contributed by atoms with van der Waals surface area (Å²) in [7, 11) is -2.40. The summed E-state index contributed by atoms with van der Waals surface area (Å²) in [6.45, 7) is 1.31. The van der Waals surface area contributed by atoms with Crippen LogP contribution in [0.15, 0.2) is 51.9 Å². The van der Waals surface area contributed by atoms with Crippen LogP contribution in [0.5, 0.6) is 0 Å². The van der Waals surface area contributed by atoms with Crippen molar-refractivity contribution < 1.29 is 22.7 Å². The minimum atomic E-state index is -3.98. The molecular weight excluding hydrogens is 530 g/mol. The topological polar surface area (TPSA) is 98.0 Å². The van der Waals surface area contributed by atoms with Crippen LogP contribution in [0.3, 0.4) is 0 Å². The number of aromatic nitrogens is 1. The molecule has 0 spiro atoms. The van der Waals surface area contributed by atoms with Crippen molar-refractivity contribution in [1.82, 2.24) is 4.57 Å². The molecule has 0 saturated heterocycles. The van der Waals surface area contributed by atoms with E-state index >= 15 is 0 Å². The highest BCUT2D eigenvalue weighted by atomic mass is 79.9. The summed E-state index contributed by atoms with van der Waals surface area (Å²) >= 11 is 4.72. The fraction of sp³-hybridized carbons (Fsp3) is 0.318. The van der Waals surface area contributed by atoms with Crippen molar-refractivity contribution in [2.24, 2.45) is 4.99 Å². The lowest BCUT2D eigenvalue weighted by atomic mass is 10.2. The summed E-state index contributed by atoms with van der Waals surface area (Å²) < 4.78 is 34.0. The zero-order valence-corrected chi connectivity index (χ0v) is 21.1. The third-order valence-electron chi connectivity index (χ3n) is 5.26. The largest absolute Gasteiger partial charge is 0.383 e. The Hall–Kier alpha value is -2.34. The number of nitrogens with zero attached hydrogens (tertiary/aromatic N) is 3. The van der Waals surface area contributed by atoms with Crippen molar-refractivity contribution in [2.75, 3.05) is 36.7 Å². The Kier molecular flexibility index (Phi) is 7.13. The van der Waals surface area contributed by atoms with Gasteiger partial charge in [-0.2, -0.15) is 4.99 Å². The number of anilines is 1. The molecule has 0 radical (unpaired) electrons. The number of carbonyl (C=O) groups is 2. The molecule has 1 aliphatic heterocycles. The third-order valence-corrected chi connectivity index (χ3v) is 8.17. The van der Waals surface area contributed by atoms with E-state index in [4.69, 9.17) is 4.74 Å². The molecule has 3 aromatic rings. The maximum atomic E-state index is 12.7. The molecule has 1 aliphatic rings. The monoisotopic (exact) mass is 551 g/mol. The van der Waals surface area contributed by atoms with Gasteiger partial charge >= 0.3 is 0 Å². The third kappa shape index (κ3) is 5.43. The fourth-order valence-electron chi connectivity index (χ4n) is 3.77. The first-order chi connectivity index (χ1) is 15.8. The number of rotatable bonds is 7. The van der Waals surface area contributed by atoms with Crippen LogP contribution >= 0.6 is 27.3 Å². The Balaban J connectivity index is 1.53. The van der Waals surface area contributed by atoms with E-state index in [1.807, 2.05) is 41.0 Å². The SMILES string of the molecule is COCCn1c(=NC(=O)CS(=O)(=O)CC(=O)N2CCc3ccccc32)sc2cc(Br)ccc21. The summed E-state index contributed by atoms with van der Waals surface area (Å²) in [4.78, 5) is 31.2. The minimum absolute atomic E-state index is 0.389. The molecule has 2 amide bonds. The van der Waals surface area contributed by atoms with Crippen molar-refractivity contribution in [1.29, 1.82) is 0 Å². The van der Waals surface area contributed by atoms with E-state index in [9.17, 15) is 18.0 Å². The first-order valence-corrected chi connectivity index (χ1v) is 13.6. The Morgan fingerprint density at radius 2 is 1.97 bits per heavy atom. The fourth-order valence-corrected chi connectivity index (χ4v) is 6.47. The van der Waals surface area contributed by atoms with E-state index < -0.39 is 33.2 Å². The molecule has 0 N–H and O–H groups in total. The number of benzene rings is 2. The van der Waals surface area contributed by atoms with Gasteiger partial charge in [-0.25, -0.2) is 8.42 Å². The van der Waals surface area contributed by atoms with E-state index in [-0.39, 0.29) is 0 Å². The second-order valence-electron chi connectivity index (χ2n) is 7.60. The highest BCUT2D eigenvalue weighted by molar-refractivity contribution is 9.10. The van der Waals surface area contributed by atoms with Gasteiger partial charge in [0.2, 0.25) is 5.91 Å². The van der Waals surface area contributed by atoms with Gasteiger partial charge < -0.3 is 14.2 Å². The molecule has 0 aliphatic carbocycles. The van der Waals surface area contributed by atoms with Crippen molar-refractivity contribution >= 4 is 64.8 Å². The molecule has 0 fully saturated rings. The zero-order valence-electron chi connectivity index (χ0n) is 17.9. The lowest BCUT2D eigenvalue weighted by Crippen LogP contribution is -2.36. The smallest absolute Gasteiger partial charge is 0.263 e. The summed E-state index contributed by atoms with van der Waals surface area (Å²) in [5.41, 5.74) is 2.60. The summed E-state index contributed by atoms with van der Waals surface area (Å²) in [6, 6.07) is 13.1. The summed E-state index contributed by atoms with van der Waals surface area (Å²) in [5.74, 6) is -2.89. The molecule has 0 unspecified atom stereocenters. The number of ether oxygens (including phenoxy) is 1. The molecule has 4 rings (SSSR count). The highest BCUT2D eigenvalue weighted by Crippen LogP contribution is 2.27. The molecule has 2 heterocycles. The molecule has 0 atom stereocenters. The van der Waals surface area contributed by atoms with E-state index in [2.05, 4.69) is 20.9 Å². The van der Waals surface area contributed by atoms with Crippen LogP contribution in [0.4, 0.5) is 5.69 Å². The first-order valence-electron chi connectivity index (χ1n) is 10.2. The van der Waals surface area contributed by atoms with E-state index in [0.29, 0.717) is 30.9 Å². The average Bonchev–Trinajstić information content (AvgIpc) is 3.32. The van der Waals surface area contributed by atoms with Gasteiger partial charge in [0.25, 0.3) is 5.91 Å². The molecule has 11 heteroatoms. The van der Waals surface area contributed by atoms with Crippen molar-refractivity contribution in [3.05, 3.63) is 57.3 Å². The molecule has 0 bridgehead atoms. The molecule has 8 nitrogen and oxygen atoms in total. The van der Waals surface area contributed by atoms with Crippen molar-refractivity contribution in [2.45, 2.75) is 13.0 Å². The minimum Gasteiger partial charge on any atom is -0.383 e. The number of para-hydroxylation sites is 1. The predicted molar refractivity (Wildman–Crippen MR) is 131 cm³/mol. The molecule has 1 aromatic heterocycles. The summed E-state index contributed by atoms with van der Waals surface area (Å²) in [6.07, 6.45) is 0.680. The van der Waals surface area contributed by atoms with Crippen LogP contribution in [0, 0.1) is 0 Å². The maximum absolute atomic E-state index is 12.7. The van der Waals surface area contributed by atoms with Crippen LogP contribution in [0.2, 0.25) is 0 Å². The first kappa shape index (κ1) is 23.8. The number of hydrogen-bond acceptors (Lipinski definition) is 6. The van der Waals surface area contributed by atoms with Crippen molar-refractivity contribution in [3.8, 4) is 0 Å². The molecule has 174 valence electrons.